The first-order valence-electron chi connectivity index (χ1n) is 7.13. The van der Waals surface area contributed by atoms with Gasteiger partial charge in [0.15, 0.2) is 0 Å². The molecule has 3 nitrogen and oxygen atoms in total. The molecule has 1 N–H and O–H groups in total. The van der Waals surface area contributed by atoms with Crippen molar-refractivity contribution in [2.45, 2.75) is 50.6 Å². The maximum absolute atomic E-state index is 5.30. The Morgan fingerprint density at radius 1 is 1.39 bits per heavy atom. The fourth-order valence-electron chi connectivity index (χ4n) is 3.33. The van der Waals surface area contributed by atoms with Crippen molar-refractivity contribution in [2.24, 2.45) is 0 Å². The Bertz CT molecular complexity index is 339. The lowest BCUT2D eigenvalue weighted by atomic mass is 9.83. The van der Waals surface area contributed by atoms with Gasteiger partial charge >= 0.3 is 0 Å². The first kappa shape index (κ1) is 13.6. The number of nitrogens with one attached hydrogen (secondary N) is 1. The van der Waals surface area contributed by atoms with Gasteiger partial charge in [-0.05, 0) is 46.0 Å². The lowest BCUT2D eigenvalue weighted by Gasteiger charge is -2.43. The quantitative estimate of drug-likeness (QED) is 0.840. The summed E-state index contributed by atoms with van der Waals surface area (Å²) in [4.78, 5) is 2.42. The Hall–Kier alpha value is -0.800. The van der Waals surface area contributed by atoms with E-state index in [1.165, 1.54) is 31.2 Å². The zero-order chi connectivity index (χ0) is 13.0. The number of rotatable bonds is 6. The van der Waals surface area contributed by atoms with Crippen molar-refractivity contribution in [2.75, 3.05) is 20.6 Å². The molecular formula is C15H26N2O. The predicted octanol–water partition coefficient (Wildman–Crippen LogP) is 3.19. The molecule has 1 aromatic rings. The lowest BCUT2D eigenvalue weighted by molar-refractivity contribution is 0.104. The molecule has 0 bridgehead atoms. The molecular weight excluding hydrogens is 224 g/mol. The molecule has 1 saturated carbocycles. The standard InChI is InChI=1S/C15H26N2O/c1-4-10-16-14(13-7-11-18-12-13)15(17(2)3)8-5-6-9-15/h7,11-12,14,16H,4-6,8-10H2,1-3H3. The Labute approximate surface area is 111 Å². The van der Waals surface area contributed by atoms with E-state index in [1.54, 1.807) is 6.26 Å². The highest BCUT2D eigenvalue weighted by molar-refractivity contribution is 5.20. The van der Waals surface area contributed by atoms with Crippen LogP contribution in [0.4, 0.5) is 0 Å². The summed E-state index contributed by atoms with van der Waals surface area (Å²) in [7, 11) is 4.43. The van der Waals surface area contributed by atoms with Crippen molar-refractivity contribution < 1.29 is 4.42 Å². The van der Waals surface area contributed by atoms with E-state index in [9.17, 15) is 0 Å². The van der Waals surface area contributed by atoms with Crippen LogP contribution >= 0.6 is 0 Å². The monoisotopic (exact) mass is 250 g/mol. The molecule has 0 saturated heterocycles. The molecule has 102 valence electrons. The van der Waals surface area contributed by atoms with Crippen LogP contribution in [0.3, 0.4) is 0 Å². The van der Waals surface area contributed by atoms with Crippen LogP contribution in [0.2, 0.25) is 0 Å². The number of nitrogens with zero attached hydrogens (tertiary/aromatic N) is 1. The lowest BCUT2D eigenvalue weighted by Crippen LogP contribution is -2.52. The van der Waals surface area contributed by atoms with Crippen LogP contribution < -0.4 is 5.32 Å². The van der Waals surface area contributed by atoms with Crippen molar-refractivity contribution in [3.63, 3.8) is 0 Å². The van der Waals surface area contributed by atoms with E-state index in [-0.39, 0.29) is 5.54 Å². The van der Waals surface area contributed by atoms with E-state index < -0.39 is 0 Å². The number of hydrogen-bond acceptors (Lipinski definition) is 3. The van der Waals surface area contributed by atoms with Gasteiger partial charge in [0.1, 0.15) is 0 Å². The average Bonchev–Trinajstić information content (AvgIpc) is 3.00. The summed E-state index contributed by atoms with van der Waals surface area (Å²) in [5.41, 5.74) is 1.54. The second-order valence-corrected chi connectivity index (χ2v) is 5.65. The van der Waals surface area contributed by atoms with Gasteiger partial charge in [-0.2, -0.15) is 0 Å². The summed E-state index contributed by atoms with van der Waals surface area (Å²) in [5, 5.41) is 3.73. The van der Waals surface area contributed by atoms with E-state index in [4.69, 9.17) is 4.42 Å². The summed E-state index contributed by atoms with van der Waals surface area (Å²) in [6.07, 6.45) is 10.1. The van der Waals surface area contributed by atoms with Crippen LogP contribution in [0.25, 0.3) is 0 Å². The van der Waals surface area contributed by atoms with Crippen molar-refractivity contribution >= 4 is 0 Å². The average molecular weight is 250 g/mol. The van der Waals surface area contributed by atoms with Crippen LogP contribution in [-0.4, -0.2) is 31.1 Å². The molecule has 0 amide bonds. The van der Waals surface area contributed by atoms with Crippen molar-refractivity contribution in [1.82, 2.24) is 10.2 Å². The van der Waals surface area contributed by atoms with E-state index in [2.05, 4.69) is 37.3 Å². The van der Waals surface area contributed by atoms with Gasteiger partial charge in [0.2, 0.25) is 0 Å². The van der Waals surface area contributed by atoms with Gasteiger partial charge in [0, 0.05) is 11.1 Å². The van der Waals surface area contributed by atoms with Crippen LogP contribution in [0.1, 0.15) is 50.6 Å². The molecule has 0 aliphatic heterocycles. The third kappa shape index (κ3) is 2.47. The highest BCUT2D eigenvalue weighted by Gasteiger charge is 2.43. The summed E-state index contributed by atoms with van der Waals surface area (Å²) in [6, 6.07) is 2.49. The third-order valence-electron chi connectivity index (χ3n) is 4.37. The fraction of sp³-hybridized carbons (Fsp3) is 0.733. The summed E-state index contributed by atoms with van der Waals surface area (Å²) < 4.78 is 5.30. The number of furan rings is 1. The summed E-state index contributed by atoms with van der Waals surface area (Å²) >= 11 is 0. The molecule has 1 aromatic heterocycles. The van der Waals surface area contributed by atoms with Gasteiger partial charge < -0.3 is 14.6 Å². The zero-order valence-electron chi connectivity index (χ0n) is 11.9. The van der Waals surface area contributed by atoms with E-state index >= 15 is 0 Å². The van der Waals surface area contributed by atoms with E-state index in [0.29, 0.717) is 6.04 Å². The van der Waals surface area contributed by atoms with Crippen LogP contribution in [-0.2, 0) is 0 Å². The molecule has 0 radical (unpaired) electrons. The smallest absolute Gasteiger partial charge is 0.0951 e. The normalized spacial score (nSPS) is 20.4. The van der Waals surface area contributed by atoms with Gasteiger partial charge in [-0.25, -0.2) is 0 Å². The van der Waals surface area contributed by atoms with Crippen LogP contribution in [0, 0.1) is 0 Å². The molecule has 3 heteroatoms. The van der Waals surface area contributed by atoms with Gasteiger partial charge in [0.25, 0.3) is 0 Å². The molecule has 0 spiro atoms. The van der Waals surface area contributed by atoms with Gasteiger partial charge in [-0.15, -0.1) is 0 Å². The molecule has 1 aliphatic rings. The van der Waals surface area contributed by atoms with Crippen molar-refractivity contribution in [1.29, 1.82) is 0 Å². The molecule has 1 aliphatic carbocycles. The van der Waals surface area contributed by atoms with Gasteiger partial charge in [-0.3, -0.25) is 0 Å². The molecule has 1 unspecified atom stereocenters. The minimum absolute atomic E-state index is 0.249. The Morgan fingerprint density at radius 2 is 2.11 bits per heavy atom. The maximum Gasteiger partial charge on any atom is 0.0951 e. The SMILES string of the molecule is CCCNC(c1ccoc1)C1(N(C)C)CCCC1. The number of hydrogen-bond donors (Lipinski definition) is 1. The van der Waals surface area contributed by atoms with Crippen LogP contribution in [0.5, 0.6) is 0 Å². The van der Waals surface area contributed by atoms with Crippen LogP contribution in [0.15, 0.2) is 23.0 Å². The fourth-order valence-corrected chi connectivity index (χ4v) is 3.33. The highest BCUT2D eigenvalue weighted by atomic mass is 16.3. The van der Waals surface area contributed by atoms with Crippen molar-refractivity contribution in [3.8, 4) is 0 Å². The molecule has 1 fully saturated rings. The van der Waals surface area contributed by atoms with Gasteiger partial charge in [-0.1, -0.05) is 19.8 Å². The summed E-state index contributed by atoms with van der Waals surface area (Å²) in [6.45, 7) is 3.28. The minimum atomic E-state index is 0.249. The minimum Gasteiger partial charge on any atom is -0.472 e. The maximum atomic E-state index is 5.30. The van der Waals surface area contributed by atoms with Crippen molar-refractivity contribution in [3.05, 3.63) is 24.2 Å². The van der Waals surface area contributed by atoms with Gasteiger partial charge in [0.05, 0.1) is 18.6 Å². The third-order valence-corrected chi connectivity index (χ3v) is 4.37. The zero-order valence-corrected chi connectivity index (χ0v) is 11.9. The Kier molecular flexibility index (Phi) is 4.46. The molecule has 1 heterocycles. The van der Waals surface area contributed by atoms with E-state index in [0.717, 1.165) is 13.0 Å². The molecule has 1 atom stereocenters. The topological polar surface area (TPSA) is 28.4 Å². The molecule has 2 rings (SSSR count). The molecule has 18 heavy (non-hydrogen) atoms. The number of likely N-dealkylation sites (N-methyl/N-ethyl adjacent to an activating group) is 1. The second-order valence-electron chi connectivity index (χ2n) is 5.65. The largest absolute Gasteiger partial charge is 0.472 e. The first-order chi connectivity index (χ1) is 8.70. The first-order valence-corrected chi connectivity index (χ1v) is 7.13. The predicted molar refractivity (Wildman–Crippen MR) is 74.6 cm³/mol. The summed E-state index contributed by atoms with van der Waals surface area (Å²) in [5.74, 6) is 0. The molecule has 0 aromatic carbocycles. The highest BCUT2D eigenvalue weighted by Crippen LogP contribution is 2.43. The Morgan fingerprint density at radius 3 is 2.61 bits per heavy atom. The Balaban J connectivity index is 2.26. The van der Waals surface area contributed by atoms with E-state index in [1.807, 2.05) is 6.26 Å². The second kappa shape index (κ2) is 5.89.